The summed E-state index contributed by atoms with van der Waals surface area (Å²) in [5.74, 6) is -0.486. The van der Waals surface area contributed by atoms with Crippen LogP contribution in [-0.2, 0) is 27.8 Å². The van der Waals surface area contributed by atoms with Crippen LogP contribution >= 0.6 is 0 Å². The van der Waals surface area contributed by atoms with Gasteiger partial charge < -0.3 is 10.2 Å². The minimum absolute atomic E-state index is 0.0578. The zero-order valence-electron chi connectivity index (χ0n) is 19.8. The van der Waals surface area contributed by atoms with Crippen LogP contribution in [0.2, 0.25) is 0 Å². The van der Waals surface area contributed by atoms with E-state index in [0.29, 0.717) is 12.0 Å². The number of hydrogen-bond acceptors (Lipinski definition) is 5. The van der Waals surface area contributed by atoms with Crippen LogP contribution < -0.4 is 10.2 Å². The van der Waals surface area contributed by atoms with Gasteiger partial charge in [-0.25, -0.2) is 12.7 Å². The number of fused-ring (bicyclic) bond motifs is 1. The highest BCUT2D eigenvalue weighted by Crippen LogP contribution is 2.43. The lowest BCUT2D eigenvalue weighted by molar-refractivity contribution is -0.122. The van der Waals surface area contributed by atoms with E-state index in [1.54, 1.807) is 24.3 Å². The Balaban J connectivity index is 1.77. The maximum atomic E-state index is 13.9. The minimum Gasteiger partial charge on any atom is -0.312 e. The molecule has 0 spiro atoms. The third-order valence-corrected chi connectivity index (χ3v) is 8.39. The second kappa shape index (κ2) is 9.68. The Kier molecular flexibility index (Phi) is 6.45. The molecule has 0 aromatic heterocycles. The van der Waals surface area contributed by atoms with Crippen molar-refractivity contribution in [1.82, 2.24) is 9.62 Å². The van der Waals surface area contributed by atoms with Gasteiger partial charge in [-0.1, -0.05) is 67.9 Å². The van der Waals surface area contributed by atoms with Gasteiger partial charge in [0, 0.05) is 24.5 Å². The molecule has 0 radical (unpaired) electrons. The Bertz CT molecular complexity index is 1370. The van der Waals surface area contributed by atoms with E-state index in [1.807, 2.05) is 54.3 Å². The molecule has 1 amide bonds. The van der Waals surface area contributed by atoms with E-state index in [4.69, 9.17) is 0 Å². The van der Waals surface area contributed by atoms with Crippen LogP contribution in [-0.4, -0.2) is 31.7 Å². The topological polar surface area (TPSA) is 69.7 Å². The summed E-state index contributed by atoms with van der Waals surface area (Å²) < 4.78 is 28.7. The summed E-state index contributed by atoms with van der Waals surface area (Å²) in [5, 5.41) is 3.39. The van der Waals surface area contributed by atoms with Gasteiger partial charge in [-0.15, -0.1) is 0 Å². The van der Waals surface area contributed by atoms with Gasteiger partial charge in [-0.3, -0.25) is 4.79 Å². The van der Waals surface area contributed by atoms with Crippen LogP contribution in [0.4, 0.5) is 11.4 Å². The van der Waals surface area contributed by atoms with Crippen LogP contribution in [0, 0.1) is 0 Å². The zero-order valence-corrected chi connectivity index (χ0v) is 20.6. The number of unbranched alkanes of at least 4 members (excludes halogenated alkanes) is 1. The van der Waals surface area contributed by atoms with Crippen molar-refractivity contribution in [3.8, 4) is 0 Å². The molecule has 5 rings (SSSR count). The van der Waals surface area contributed by atoms with Crippen molar-refractivity contribution in [2.24, 2.45) is 0 Å². The normalized spacial score (nSPS) is 16.9. The molecule has 0 saturated carbocycles. The van der Waals surface area contributed by atoms with Gasteiger partial charge in [0.2, 0.25) is 0 Å². The number of rotatable bonds is 7. The first kappa shape index (κ1) is 23.3. The van der Waals surface area contributed by atoms with Crippen LogP contribution in [0.3, 0.4) is 0 Å². The fourth-order valence-corrected chi connectivity index (χ4v) is 6.49. The third-order valence-electron chi connectivity index (χ3n) is 6.52. The fourth-order valence-electron chi connectivity index (χ4n) is 4.74. The molecular formula is C28H29N3O3S. The number of hydrogen-bond donors (Lipinski definition) is 1. The van der Waals surface area contributed by atoms with Crippen molar-refractivity contribution in [3.05, 3.63) is 101 Å². The first-order valence-corrected chi connectivity index (χ1v) is 13.5. The van der Waals surface area contributed by atoms with Crippen molar-refractivity contribution in [3.63, 3.8) is 0 Å². The number of nitrogens with zero attached hydrogens (tertiary/aromatic N) is 2. The second-order valence-corrected chi connectivity index (χ2v) is 10.6. The number of benzene rings is 3. The van der Waals surface area contributed by atoms with Gasteiger partial charge in [0.15, 0.2) is 0 Å². The lowest BCUT2D eigenvalue weighted by atomic mass is 9.99. The van der Waals surface area contributed by atoms with Gasteiger partial charge in [-0.2, -0.15) is 0 Å². The number of carbonyl (C=O) groups is 1. The van der Waals surface area contributed by atoms with Gasteiger partial charge in [-0.05, 0) is 60.3 Å². The Morgan fingerprint density at radius 2 is 1.63 bits per heavy atom. The Morgan fingerprint density at radius 3 is 2.34 bits per heavy atom. The molecule has 7 heteroatoms. The molecule has 0 bridgehead atoms. The SMILES string of the molecule is CCCCN1C(=O)C(N(c2ccccc2)c2ccc3c(c2)CCNC3)=C(c2ccccc2)S1(=O)=O. The molecule has 2 aliphatic heterocycles. The Labute approximate surface area is 206 Å². The fraction of sp³-hybridized carbons (Fsp3) is 0.250. The zero-order chi connectivity index (χ0) is 24.4. The average Bonchev–Trinajstić information content (AvgIpc) is 3.08. The van der Waals surface area contributed by atoms with Gasteiger partial charge in [0.05, 0.1) is 0 Å². The molecular weight excluding hydrogens is 458 g/mol. The molecule has 6 nitrogen and oxygen atoms in total. The van der Waals surface area contributed by atoms with E-state index in [0.717, 1.165) is 41.6 Å². The van der Waals surface area contributed by atoms with Crippen LogP contribution in [0.1, 0.15) is 36.5 Å². The summed E-state index contributed by atoms with van der Waals surface area (Å²) >= 11 is 0. The summed E-state index contributed by atoms with van der Waals surface area (Å²) in [6.45, 7) is 3.84. The first-order chi connectivity index (χ1) is 17.0. The standard InChI is InChI=1S/C28H29N3O3S/c1-2-3-18-30-28(32)26(27(35(30,33)34)21-10-6-4-7-11-21)31(24-12-8-5-9-13-24)25-15-14-23-20-29-17-16-22(23)19-25/h4-15,19,29H,2-3,16-18,20H2,1H3. The van der Waals surface area contributed by atoms with Crippen molar-refractivity contribution in [1.29, 1.82) is 0 Å². The number of carbonyl (C=O) groups excluding carboxylic acids is 1. The largest absolute Gasteiger partial charge is 0.312 e. The van der Waals surface area contributed by atoms with Crippen molar-refractivity contribution in [2.75, 3.05) is 18.0 Å². The first-order valence-electron chi connectivity index (χ1n) is 12.1. The predicted octanol–water partition coefficient (Wildman–Crippen LogP) is 4.81. The minimum atomic E-state index is -4.02. The number of anilines is 2. The smallest absolute Gasteiger partial charge is 0.286 e. The number of amides is 1. The molecule has 3 aromatic carbocycles. The Hall–Kier alpha value is -3.42. The van der Waals surface area contributed by atoms with Crippen LogP contribution in [0.5, 0.6) is 0 Å². The summed E-state index contributed by atoms with van der Waals surface area (Å²) in [5.41, 5.74) is 4.64. The molecule has 35 heavy (non-hydrogen) atoms. The highest BCUT2D eigenvalue weighted by Gasteiger charge is 2.46. The molecule has 0 fully saturated rings. The molecule has 0 atom stereocenters. The maximum Gasteiger partial charge on any atom is 0.286 e. The predicted molar refractivity (Wildman–Crippen MR) is 139 cm³/mol. The van der Waals surface area contributed by atoms with E-state index >= 15 is 0 Å². The summed E-state index contributed by atoms with van der Waals surface area (Å²) in [6.07, 6.45) is 2.28. The molecule has 2 aliphatic rings. The number of nitrogens with one attached hydrogen (secondary N) is 1. The molecule has 3 aromatic rings. The van der Waals surface area contributed by atoms with Gasteiger partial charge in [0.1, 0.15) is 10.6 Å². The molecule has 0 aliphatic carbocycles. The molecule has 1 N–H and O–H groups in total. The highest BCUT2D eigenvalue weighted by molar-refractivity contribution is 7.99. The van der Waals surface area contributed by atoms with Gasteiger partial charge in [0.25, 0.3) is 15.9 Å². The van der Waals surface area contributed by atoms with Crippen molar-refractivity contribution < 1.29 is 13.2 Å². The molecule has 2 heterocycles. The van der Waals surface area contributed by atoms with E-state index in [-0.39, 0.29) is 17.1 Å². The lowest BCUT2D eigenvalue weighted by Crippen LogP contribution is -2.34. The third kappa shape index (κ3) is 4.26. The van der Waals surface area contributed by atoms with Crippen LogP contribution in [0.15, 0.2) is 84.6 Å². The average molecular weight is 488 g/mol. The lowest BCUT2D eigenvalue weighted by Gasteiger charge is -2.28. The summed E-state index contributed by atoms with van der Waals surface area (Å²) in [4.78, 5) is 15.8. The molecule has 0 unspecified atom stereocenters. The monoisotopic (exact) mass is 487 g/mol. The molecule has 180 valence electrons. The Morgan fingerprint density at radius 1 is 0.914 bits per heavy atom. The maximum absolute atomic E-state index is 13.9. The van der Waals surface area contributed by atoms with E-state index in [1.165, 1.54) is 11.1 Å². The van der Waals surface area contributed by atoms with Crippen molar-refractivity contribution in [2.45, 2.75) is 32.7 Å². The van der Waals surface area contributed by atoms with E-state index in [2.05, 4.69) is 17.4 Å². The summed E-state index contributed by atoms with van der Waals surface area (Å²) in [6, 6.07) is 24.6. The second-order valence-electron chi connectivity index (χ2n) is 8.83. The van der Waals surface area contributed by atoms with E-state index in [9.17, 15) is 13.2 Å². The number of para-hydroxylation sites is 1. The highest BCUT2D eigenvalue weighted by atomic mass is 32.2. The van der Waals surface area contributed by atoms with Gasteiger partial charge >= 0.3 is 0 Å². The van der Waals surface area contributed by atoms with Crippen LogP contribution in [0.25, 0.3) is 4.91 Å². The quantitative estimate of drug-likeness (QED) is 0.518. The number of sulfonamides is 1. The summed E-state index contributed by atoms with van der Waals surface area (Å²) in [7, 11) is -4.02. The molecule has 0 saturated heterocycles. The van der Waals surface area contributed by atoms with Crippen molar-refractivity contribution >= 4 is 32.2 Å². The van der Waals surface area contributed by atoms with E-state index < -0.39 is 15.9 Å².